The number of nitrogens with zero attached hydrogens (tertiary/aromatic N) is 3. The largest absolute Gasteiger partial charge is 0.273 e. The predicted molar refractivity (Wildman–Crippen MR) is 78.8 cm³/mol. The number of carbonyl (C=O) groups excluding carboxylic acids is 1. The fourth-order valence-corrected chi connectivity index (χ4v) is 2.56. The van der Waals surface area contributed by atoms with Crippen LogP contribution in [0, 0.1) is 5.92 Å². The van der Waals surface area contributed by atoms with Gasteiger partial charge in [-0.25, -0.2) is 9.94 Å². The summed E-state index contributed by atoms with van der Waals surface area (Å²) in [7, 11) is 0. The second kappa shape index (κ2) is 4.76. The average molecular weight is 289 g/mol. The minimum Gasteiger partial charge on any atom is -0.273 e. The first-order valence-electron chi connectivity index (χ1n) is 6.27. The highest BCUT2D eigenvalue weighted by Gasteiger charge is 2.26. The molecule has 0 fully saturated rings. The molecule has 3 rings (SSSR count). The number of pyridine rings is 1. The first kappa shape index (κ1) is 12.9. The number of hydrogen-bond donors (Lipinski definition) is 1. The van der Waals surface area contributed by atoms with Crippen molar-refractivity contribution in [1.29, 1.82) is 0 Å². The molecule has 0 radical (unpaired) electrons. The maximum Gasteiger partial charge on any atom is 0.240 e. The van der Waals surface area contributed by atoms with E-state index in [4.69, 9.17) is 11.6 Å². The van der Waals surface area contributed by atoms with Crippen LogP contribution in [0.4, 0.5) is 0 Å². The summed E-state index contributed by atoms with van der Waals surface area (Å²) >= 11 is 5.98. The average Bonchev–Trinajstić information content (AvgIpc) is 2.76. The second-order valence-corrected chi connectivity index (χ2v) is 5.22. The summed E-state index contributed by atoms with van der Waals surface area (Å²) in [6, 6.07) is 3.70. The number of carbonyl (C=O) groups is 1. The van der Waals surface area contributed by atoms with Crippen LogP contribution in [0.2, 0.25) is 5.02 Å². The molecule has 0 aliphatic carbocycles. The normalized spacial score (nSPS) is 18.8. The molecule has 20 heavy (non-hydrogen) atoms. The minimum absolute atomic E-state index is 0.0335. The van der Waals surface area contributed by atoms with Gasteiger partial charge in [0.15, 0.2) is 0 Å². The number of nitrogens with one attached hydrogen (secondary N) is 1. The molecule has 0 saturated heterocycles. The zero-order chi connectivity index (χ0) is 14.3. The van der Waals surface area contributed by atoms with Crippen LogP contribution >= 0.6 is 11.6 Å². The Balaban J connectivity index is 2.24. The van der Waals surface area contributed by atoms with E-state index in [1.54, 1.807) is 16.8 Å². The lowest BCUT2D eigenvalue weighted by molar-refractivity contribution is -0.121. The van der Waals surface area contributed by atoms with Crippen LogP contribution < -0.4 is 5.43 Å². The van der Waals surface area contributed by atoms with Gasteiger partial charge < -0.3 is 0 Å². The van der Waals surface area contributed by atoms with Crippen LogP contribution in [0.15, 0.2) is 30.0 Å². The summed E-state index contributed by atoms with van der Waals surface area (Å²) in [5.41, 5.74) is 5.86. The molecule has 3 heterocycles. The molecule has 0 spiro atoms. The van der Waals surface area contributed by atoms with Crippen molar-refractivity contribution < 1.29 is 4.79 Å². The molecule has 2 aromatic heterocycles. The van der Waals surface area contributed by atoms with Crippen LogP contribution in [0.25, 0.3) is 11.6 Å². The van der Waals surface area contributed by atoms with Crippen LogP contribution in [0.3, 0.4) is 0 Å². The SMILES string of the molecule is C=Cc1nn2cc(Cl)ccc2c1C1=NNC(=O)CC1C. The van der Waals surface area contributed by atoms with Gasteiger partial charge in [0.2, 0.25) is 5.91 Å². The Bertz CT molecular complexity index is 747. The minimum atomic E-state index is -0.0686. The number of halogens is 1. The summed E-state index contributed by atoms with van der Waals surface area (Å²) in [5, 5.41) is 9.25. The molecule has 2 aromatic rings. The van der Waals surface area contributed by atoms with Gasteiger partial charge in [-0.3, -0.25) is 4.79 Å². The highest BCUT2D eigenvalue weighted by molar-refractivity contribution is 6.30. The summed E-state index contributed by atoms with van der Waals surface area (Å²) in [6.07, 6.45) is 3.84. The number of amides is 1. The third-order valence-corrected chi connectivity index (χ3v) is 3.55. The summed E-state index contributed by atoms with van der Waals surface area (Å²) in [6.45, 7) is 5.77. The number of rotatable bonds is 2. The lowest BCUT2D eigenvalue weighted by Gasteiger charge is -2.18. The van der Waals surface area contributed by atoms with Gasteiger partial charge in [-0.15, -0.1) is 0 Å². The Hall–Kier alpha value is -2.14. The molecular formula is C14H13ClN4O. The summed E-state index contributed by atoms with van der Waals surface area (Å²) in [4.78, 5) is 11.4. The van der Waals surface area contributed by atoms with Gasteiger partial charge >= 0.3 is 0 Å². The first-order valence-corrected chi connectivity index (χ1v) is 6.65. The summed E-state index contributed by atoms with van der Waals surface area (Å²) in [5.74, 6) is -0.0351. The molecule has 1 amide bonds. The van der Waals surface area contributed by atoms with Gasteiger partial charge in [0.25, 0.3) is 0 Å². The van der Waals surface area contributed by atoms with Gasteiger partial charge in [-0.05, 0) is 18.2 Å². The number of aromatic nitrogens is 2. The van der Waals surface area contributed by atoms with Gasteiger partial charge in [0.05, 0.1) is 27.5 Å². The van der Waals surface area contributed by atoms with Gasteiger partial charge in [-0.2, -0.15) is 10.2 Å². The lowest BCUT2D eigenvalue weighted by atomic mass is 9.93. The Kier molecular flexibility index (Phi) is 3.06. The Morgan fingerprint density at radius 3 is 3.05 bits per heavy atom. The standard InChI is InChI=1S/C14H13ClN4O/c1-3-10-13(14-8(2)6-12(20)16-17-14)11-5-4-9(15)7-19(11)18-10/h3-5,7-8H,1,6H2,2H3,(H,16,20). The molecule has 1 aliphatic heterocycles. The molecule has 1 atom stereocenters. The molecule has 1 N–H and O–H groups in total. The van der Waals surface area contributed by atoms with Crippen molar-refractivity contribution in [2.45, 2.75) is 13.3 Å². The lowest BCUT2D eigenvalue weighted by Crippen LogP contribution is -2.32. The molecule has 102 valence electrons. The van der Waals surface area contributed by atoms with Gasteiger partial charge in [0, 0.05) is 18.5 Å². The van der Waals surface area contributed by atoms with Crippen molar-refractivity contribution in [3.05, 3.63) is 41.2 Å². The predicted octanol–water partition coefficient (Wildman–Crippen LogP) is 2.49. The molecule has 1 unspecified atom stereocenters. The van der Waals surface area contributed by atoms with E-state index in [-0.39, 0.29) is 11.8 Å². The number of hydrazone groups is 1. The molecule has 1 aliphatic rings. The van der Waals surface area contributed by atoms with E-state index >= 15 is 0 Å². The van der Waals surface area contributed by atoms with Crippen LogP contribution in [-0.2, 0) is 4.79 Å². The van der Waals surface area contributed by atoms with Crippen LogP contribution in [0.5, 0.6) is 0 Å². The van der Waals surface area contributed by atoms with E-state index in [9.17, 15) is 4.79 Å². The third-order valence-electron chi connectivity index (χ3n) is 3.33. The van der Waals surface area contributed by atoms with E-state index in [1.165, 1.54) is 0 Å². The molecule has 0 bridgehead atoms. The second-order valence-electron chi connectivity index (χ2n) is 4.78. The third kappa shape index (κ3) is 2.00. The van der Waals surface area contributed by atoms with Crippen molar-refractivity contribution in [3.63, 3.8) is 0 Å². The molecule has 0 saturated carbocycles. The molecule has 5 nitrogen and oxygen atoms in total. The van der Waals surface area contributed by atoms with Crippen molar-refractivity contribution in [2.24, 2.45) is 11.0 Å². The highest BCUT2D eigenvalue weighted by Crippen LogP contribution is 2.25. The van der Waals surface area contributed by atoms with E-state index in [2.05, 4.69) is 22.2 Å². The first-order chi connectivity index (χ1) is 9.60. The Labute approximate surface area is 120 Å². The fraction of sp³-hybridized carbons (Fsp3) is 0.214. The maximum atomic E-state index is 11.4. The number of fused-ring (bicyclic) bond motifs is 1. The zero-order valence-electron chi connectivity index (χ0n) is 10.9. The molecule has 6 heteroatoms. The zero-order valence-corrected chi connectivity index (χ0v) is 11.7. The Morgan fingerprint density at radius 1 is 1.55 bits per heavy atom. The molecular weight excluding hydrogens is 276 g/mol. The van der Waals surface area contributed by atoms with Crippen molar-refractivity contribution >= 4 is 34.8 Å². The number of hydrogen-bond acceptors (Lipinski definition) is 3. The van der Waals surface area contributed by atoms with E-state index in [0.717, 1.165) is 22.5 Å². The fourth-order valence-electron chi connectivity index (χ4n) is 2.40. The smallest absolute Gasteiger partial charge is 0.240 e. The maximum absolute atomic E-state index is 11.4. The van der Waals surface area contributed by atoms with E-state index in [0.29, 0.717) is 11.4 Å². The van der Waals surface area contributed by atoms with Crippen LogP contribution in [-0.4, -0.2) is 21.2 Å². The topological polar surface area (TPSA) is 58.8 Å². The van der Waals surface area contributed by atoms with Gasteiger partial charge in [-0.1, -0.05) is 25.1 Å². The molecule has 0 aromatic carbocycles. The Morgan fingerprint density at radius 2 is 2.35 bits per heavy atom. The summed E-state index contributed by atoms with van der Waals surface area (Å²) < 4.78 is 1.71. The van der Waals surface area contributed by atoms with Gasteiger partial charge in [0.1, 0.15) is 0 Å². The quantitative estimate of drug-likeness (QED) is 0.923. The van der Waals surface area contributed by atoms with E-state index < -0.39 is 0 Å². The van der Waals surface area contributed by atoms with Crippen molar-refractivity contribution in [1.82, 2.24) is 15.0 Å². The van der Waals surface area contributed by atoms with Crippen LogP contribution in [0.1, 0.15) is 24.6 Å². The monoisotopic (exact) mass is 288 g/mol. The van der Waals surface area contributed by atoms with Crippen molar-refractivity contribution in [3.8, 4) is 0 Å². The van der Waals surface area contributed by atoms with Crippen molar-refractivity contribution in [2.75, 3.05) is 0 Å². The van der Waals surface area contributed by atoms with E-state index in [1.807, 2.05) is 19.1 Å². The highest BCUT2D eigenvalue weighted by atomic mass is 35.5.